The zero-order chi connectivity index (χ0) is 10.6. The molecule has 0 aliphatic rings. The minimum Gasteiger partial charge on any atom is -0.294 e. The van der Waals surface area contributed by atoms with Gasteiger partial charge in [0.1, 0.15) is 0 Å². The fourth-order valence-corrected chi connectivity index (χ4v) is 1.35. The summed E-state index contributed by atoms with van der Waals surface area (Å²) in [6, 6.07) is 0. The van der Waals surface area contributed by atoms with Crippen LogP contribution in [-0.2, 0) is 4.79 Å². The third-order valence-corrected chi connectivity index (χ3v) is 2.49. The summed E-state index contributed by atoms with van der Waals surface area (Å²) in [4.78, 5) is 15.1. The number of rotatable bonds is 4. The minimum atomic E-state index is -0.241. The molecule has 1 rings (SSSR count). The van der Waals surface area contributed by atoms with Gasteiger partial charge in [0.2, 0.25) is 17.0 Å². The van der Waals surface area contributed by atoms with Crippen LogP contribution in [0.2, 0.25) is 0 Å². The summed E-state index contributed by atoms with van der Waals surface area (Å²) in [6.07, 6.45) is 0. The average molecular weight is 279 g/mol. The molecule has 78 valence electrons. The summed E-state index contributed by atoms with van der Waals surface area (Å²) in [7, 11) is 0. The molecule has 1 aromatic heterocycles. The predicted octanol–water partition coefficient (Wildman–Crippen LogP) is 1.64. The molecule has 0 saturated heterocycles. The number of aromatic amines is 1. The number of H-pyrrole nitrogens is 1. The topological polar surface area (TPSA) is 70.7 Å². The highest BCUT2D eigenvalue weighted by Crippen LogP contribution is 2.13. The van der Waals surface area contributed by atoms with E-state index in [2.05, 4.69) is 36.4 Å². The van der Waals surface area contributed by atoms with E-state index >= 15 is 0 Å². The highest BCUT2D eigenvalue weighted by Gasteiger charge is 2.11. The van der Waals surface area contributed by atoms with Gasteiger partial charge in [-0.3, -0.25) is 10.1 Å². The number of nitrogens with one attached hydrogen (secondary N) is 2. The quantitative estimate of drug-likeness (QED) is 0.649. The van der Waals surface area contributed by atoms with E-state index in [0.717, 1.165) is 5.75 Å². The van der Waals surface area contributed by atoms with Crippen LogP contribution in [0.1, 0.15) is 13.8 Å². The second-order valence-electron chi connectivity index (χ2n) is 2.50. The normalized spacial score (nSPS) is 12.5. The van der Waals surface area contributed by atoms with E-state index in [4.69, 9.17) is 0 Å². The lowest BCUT2D eigenvalue weighted by Crippen LogP contribution is -2.20. The van der Waals surface area contributed by atoms with E-state index in [-0.39, 0.29) is 10.7 Å². The van der Waals surface area contributed by atoms with E-state index in [1.807, 2.05) is 6.92 Å². The molecule has 0 aliphatic heterocycles. The Morgan fingerprint density at radius 1 is 1.79 bits per heavy atom. The Morgan fingerprint density at radius 2 is 2.50 bits per heavy atom. The number of thioether (sulfide) groups is 1. The van der Waals surface area contributed by atoms with E-state index in [0.29, 0.717) is 11.1 Å². The monoisotopic (exact) mass is 278 g/mol. The summed E-state index contributed by atoms with van der Waals surface area (Å²) >= 11 is 4.67. The zero-order valence-electron chi connectivity index (χ0n) is 7.87. The number of alkyl halides is 1. The van der Waals surface area contributed by atoms with Gasteiger partial charge in [-0.15, -0.1) is 5.10 Å². The van der Waals surface area contributed by atoms with Gasteiger partial charge in [-0.1, -0.05) is 34.6 Å². The van der Waals surface area contributed by atoms with Gasteiger partial charge in [-0.25, -0.2) is 5.10 Å². The van der Waals surface area contributed by atoms with Gasteiger partial charge in [0, 0.05) is 0 Å². The standard InChI is InChI=1S/C7H11BrN4OS/c1-3-14-7-10-6(11-12-7)9-5(13)4(2)8/h4H,3H2,1-2H3,(H2,9,10,11,12,13). The fraction of sp³-hybridized carbons (Fsp3) is 0.571. The Balaban J connectivity index is 2.55. The minimum absolute atomic E-state index is 0.144. The Kier molecular flexibility index (Phi) is 4.40. The highest BCUT2D eigenvalue weighted by molar-refractivity contribution is 9.10. The lowest BCUT2D eigenvalue weighted by molar-refractivity contribution is -0.115. The van der Waals surface area contributed by atoms with Gasteiger partial charge in [-0.2, -0.15) is 4.98 Å². The van der Waals surface area contributed by atoms with Crippen LogP contribution >= 0.6 is 27.7 Å². The van der Waals surface area contributed by atoms with Gasteiger partial charge in [-0.05, 0) is 12.7 Å². The fourth-order valence-electron chi connectivity index (χ4n) is 0.712. The molecule has 0 radical (unpaired) electrons. The summed E-state index contributed by atoms with van der Waals surface area (Å²) in [5.74, 6) is 1.14. The smallest absolute Gasteiger partial charge is 0.240 e. The van der Waals surface area contributed by atoms with Crippen LogP contribution in [0.15, 0.2) is 5.16 Å². The van der Waals surface area contributed by atoms with Gasteiger partial charge >= 0.3 is 0 Å². The molecule has 0 aliphatic carbocycles. The number of nitrogens with zero attached hydrogens (tertiary/aromatic N) is 2. The first-order chi connectivity index (χ1) is 6.63. The first-order valence-corrected chi connectivity index (χ1v) is 6.03. The lowest BCUT2D eigenvalue weighted by atomic mass is 10.4. The lowest BCUT2D eigenvalue weighted by Gasteiger charge is -2.01. The van der Waals surface area contributed by atoms with Crippen molar-refractivity contribution < 1.29 is 4.79 Å². The van der Waals surface area contributed by atoms with Crippen molar-refractivity contribution in [3.8, 4) is 0 Å². The molecule has 0 fully saturated rings. The van der Waals surface area contributed by atoms with Crippen LogP contribution in [-0.4, -0.2) is 31.7 Å². The zero-order valence-corrected chi connectivity index (χ0v) is 10.3. The Labute approximate surface area is 94.6 Å². The molecule has 2 N–H and O–H groups in total. The van der Waals surface area contributed by atoms with Gasteiger partial charge in [0.15, 0.2) is 0 Å². The molecular weight excluding hydrogens is 268 g/mol. The second kappa shape index (κ2) is 5.35. The average Bonchev–Trinajstić information content (AvgIpc) is 2.53. The van der Waals surface area contributed by atoms with Crippen molar-refractivity contribution in [1.82, 2.24) is 15.2 Å². The van der Waals surface area contributed by atoms with Gasteiger partial charge in [0.05, 0.1) is 4.83 Å². The molecule has 0 bridgehead atoms. The predicted molar refractivity (Wildman–Crippen MR) is 59.8 cm³/mol. The van der Waals surface area contributed by atoms with Gasteiger partial charge < -0.3 is 0 Å². The molecule has 5 nitrogen and oxygen atoms in total. The molecule has 0 saturated carbocycles. The Bertz CT molecular complexity index is 314. The SMILES string of the molecule is CCSc1n[nH]c(NC(=O)C(C)Br)n1. The van der Waals surface area contributed by atoms with Crippen molar-refractivity contribution in [2.75, 3.05) is 11.1 Å². The molecule has 1 unspecified atom stereocenters. The Morgan fingerprint density at radius 3 is 3.07 bits per heavy atom. The van der Waals surface area contributed by atoms with Crippen molar-refractivity contribution in [2.45, 2.75) is 23.8 Å². The number of amides is 1. The Hall–Kier alpha value is -0.560. The van der Waals surface area contributed by atoms with E-state index in [9.17, 15) is 4.79 Å². The highest BCUT2D eigenvalue weighted by atomic mass is 79.9. The van der Waals surface area contributed by atoms with E-state index < -0.39 is 0 Å². The molecule has 1 heterocycles. The molecule has 1 aromatic rings. The summed E-state index contributed by atoms with van der Waals surface area (Å²) in [5, 5.41) is 9.79. The number of carbonyl (C=O) groups is 1. The number of anilines is 1. The van der Waals surface area contributed by atoms with Gasteiger partial charge in [0.25, 0.3) is 0 Å². The third kappa shape index (κ3) is 3.30. The molecule has 14 heavy (non-hydrogen) atoms. The molecule has 0 aromatic carbocycles. The summed E-state index contributed by atoms with van der Waals surface area (Å²) < 4.78 is 0. The summed E-state index contributed by atoms with van der Waals surface area (Å²) in [6.45, 7) is 3.76. The van der Waals surface area contributed by atoms with Crippen LogP contribution in [0.4, 0.5) is 5.95 Å². The van der Waals surface area contributed by atoms with Crippen LogP contribution < -0.4 is 5.32 Å². The molecule has 1 atom stereocenters. The first kappa shape index (κ1) is 11.5. The number of carbonyl (C=O) groups excluding carboxylic acids is 1. The van der Waals surface area contributed by atoms with Crippen LogP contribution in [0.5, 0.6) is 0 Å². The van der Waals surface area contributed by atoms with Crippen molar-refractivity contribution in [3.63, 3.8) is 0 Å². The summed E-state index contributed by atoms with van der Waals surface area (Å²) in [5.41, 5.74) is 0. The van der Waals surface area contributed by atoms with Crippen LogP contribution in [0.25, 0.3) is 0 Å². The van der Waals surface area contributed by atoms with Crippen LogP contribution in [0.3, 0.4) is 0 Å². The number of aromatic nitrogens is 3. The molecule has 7 heteroatoms. The van der Waals surface area contributed by atoms with Crippen molar-refractivity contribution in [1.29, 1.82) is 0 Å². The number of hydrogen-bond donors (Lipinski definition) is 2. The largest absolute Gasteiger partial charge is 0.294 e. The maximum Gasteiger partial charge on any atom is 0.240 e. The van der Waals surface area contributed by atoms with E-state index in [1.165, 1.54) is 11.8 Å². The van der Waals surface area contributed by atoms with Crippen LogP contribution in [0, 0.1) is 0 Å². The van der Waals surface area contributed by atoms with Crippen molar-refractivity contribution in [3.05, 3.63) is 0 Å². The van der Waals surface area contributed by atoms with Crippen molar-refractivity contribution in [2.24, 2.45) is 0 Å². The second-order valence-corrected chi connectivity index (χ2v) is 5.11. The number of halogens is 1. The maximum atomic E-state index is 11.2. The van der Waals surface area contributed by atoms with E-state index in [1.54, 1.807) is 6.92 Å². The molecular formula is C7H11BrN4OS. The molecule has 0 spiro atoms. The molecule has 1 amide bonds. The number of hydrogen-bond acceptors (Lipinski definition) is 4. The maximum absolute atomic E-state index is 11.2. The van der Waals surface area contributed by atoms with Crippen molar-refractivity contribution >= 4 is 39.5 Å². The first-order valence-electron chi connectivity index (χ1n) is 4.13. The third-order valence-electron chi connectivity index (χ3n) is 1.34.